The summed E-state index contributed by atoms with van der Waals surface area (Å²) in [6, 6.07) is 10.9. The highest BCUT2D eigenvalue weighted by Gasteiger charge is 2.45. The molecule has 1 saturated carbocycles. The number of carbonyl (C=O) groups is 5. The topological polar surface area (TPSA) is 234 Å². The molecule has 4 aliphatic rings. The van der Waals surface area contributed by atoms with Crippen LogP contribution in [-0.4, -0.2) is 166 Å². The van der Waals surface area contributed by atoms with Crippen LogP contribution in [0.2, 0.25) is 0 Å². The van der Waals surface area contributed by atoms with Crippen LogP contribution in [0.25, 0.3) is 5.69 Å². The lowest BCUT2D eigenvalue weighted by molar-refractivity contribution is -0.136. The van der Waals surface area contributed by atoms with Gasteiger partial charge in [-0.25, -0.2) is 4.79 Å². The van der Waals surface area contributed by atoms with E-state index >= 15 is 0 Å². The van der Waals surface area contributed by atoms with Crippen molar-refractivity contribution in [2.45, 2.75) is 76.2 Å². The van der Waals surface area contributed by atoms with Crippen LogP contribution in [-0.2, 0) is 38.1 Å². The van der Waals surface area contributed by atoms with E-state index in [4.69, 9.17) is 28.4 Å². The second-order valence-corrected chi connectivity index (χ2v) is 17.5. The number of aromatic nitrogens is 3. The van der Waals surface area contributed by atoms with Crippen LogP contribution < -0.4 is 26.4 Å². The number of imide groups is 2. The molecule has 2 atom stereocenters. The Labute approximate surface area is 396 Å². The predicted octanol–water partition coefficient (Wildman–Crippen LogP) is 2.80. The van der Waals surface area contributed by atoms with Crippen molar-refractivity contribution in [1.29, 1.82) is 0 Å². The summed E-state index contributed by atoms with van der Waals surface area (Å²) in [6.45, 7) is 7.27. The number of aromatic amines is 1. The molecule has 0 radical (unpaired) electrons. The third-order valence-electron chi connectivity index (χ3n) is 12.6. The van der Waals surface area contributed by atoms with E-state index in [0.29, 0.717) is 96.3 Å². The van der Waals surface area contributed by atoms with Gasteiger partial charge < -0.3 is 44.0 Å². The van der Waals surface area contributed by atoms with E-state index in [9.17, 15) is 28.8 Å². The third-order valence-corrected chi connectivity index (χ3v) is 12.6. The number of benzene rings is 2. The van der Waals surface area contributed by atoms with Gasteiger partial charge >= 0.3 is 5.69 Å². The third kappa shape index (κ3) is 14.5. The van der Waals surface area contributed by atoms with E-state index in [2.05, 4.69) is 30.9 Å². The molecule has 370 valence electrons. The van der Waals surface area contributed by atoms with Crippen molar-refractivity contribution < 1.29 is 52.4 Å². The number of H-pyrrole nitrogens is 1. The zero-order chi connectivity index (χ0) is 47.5. The molecular weight excluding hydrogens is 881 g/mol. The molecule has 4 heterocycles. The number of ether oxygens (including phenoxy) is 6. The number of nitrogens with one attached hydrogen (secondary N) is 4. The van der Waals surface area contributed by atoms with Gasteiger partial charge in [-0.1, -0.05) is 44.2 Å². The smallest absolute Gasteiger partial charge is 0.348 e. The lowest BCUT2D eigenvalue weighted by Gasteiger charge is -2.33. The van der Waals surface area contributed by atoms with E-state index in [1.807, 2.05) is 0 Å². The van der Waals surface area contributed by atoms with Crippen LogP contribution >= 0.6 is 0 Å². The van der Waals surface area contributed by atoms with Gasteiger partial charge in [0.15, 0.2) is 6.61 Å². The van der Waals surface area contributed by atoms with Crippen LogP contribution in [0.4, 0.5) is 5.69 Å². The highest BCUT2D eigenvalue weighted by molar-refractivity contribution is 6.25. The Morgan fingerprint density at radius 2 is 1.44 bits per heavy atom. The highest BCUT2D eigenvalue weighted by Crippen LogP contribution is 2.33. The molecule has 20 heteroatoms. The monoisotopic (exact) mass is 946 g/mol. The van der Waals surface area contributed by atoms with Crippen molar-refractivity contribution in [1.82, 2.24) is 35.2 Å². The van der Waals surface area contributed by atoms with Gasteiger partial charge in [-0.2, -0.15) is 4.68 Å². The minimum absolute atomic E-state index is 0.0566. The number of rotatable bonds is 28. The largest absolute Gasteiger partial charge is 0.484 e. The molecule has 4 N–H and O–H groups in total. The van der Waals surface area contributed by atoms with Gasteiger partial charge in [0.2, 0.25) is 11.8 Å². The van der Waals surface area contributed by atoms with Gasteiger partial charge in [0.05, 0.1) is 82.9 Å². The number of piperidine rings is 2. The highest BCUT2D eigenvalue weighted by atomic mass is 16.6. The molecule has 68 heavy (non-hydrogen) atoms. The van der Waals surface area contributed by atoms with Gasteiger partial charge in [-0.05, 0) is 69.0 Å². The number of amides is 5. The number of hydrogen-bond donors (Lipinski definition) is 4. The fraction of sp³-hybridized carbons (Fsp3) is 0.604. The first-order valence-corrected chi connectivity index (χ1v) is 24.1. The molecule has 2 aromatic carbocycles. The average Bonchev–Trinajstić information content (AvgIpc) is 3.87. The predicted molar refractivity (Wildman–Crippen MR) is 248 cm³/mol. The Morgan fingerprint density at radius 3 is 2.16 bits per heavy atom. The lowest BCUT2D eigenvalue weighted by atomic mass is 9.86. The number of hydrogen-bond acceptors (Lipinski definition) is 15. The van der Waals surface area contributed by atoms with Crippen LogP contribution in [0.3, 0.4) is 0 Å². The molecule has 3 fully saturated rings. The molecule has 3 aromatic rings. The van der Waals surface area contributed by atoms with Crippen molar-refractivity contribution in [3.05, 3.63) is 69.9 Å². The zero-order valence-corrected chi connectivity index (χ0v) is 38.8. The van der Waals surface area contributed by atoms with Crippen LogP contribution in [0.5, 0.6) is 5.75 Å². The van der Waals surface area contributed by atoms with Crippen molar-refractivity contribution >= 4 is 35.2 Å². The van der Waals surface area contributed by atoms with Crippen LogP contribution in [0, 0.1) is 5.92 Å². The summed E-state index contributed by atoms with van der Waals surface area (Å²) in [5.41, 5.74) is 1.15. The Morgan fingerprint density at radius 1 is 0.750 bits per heavy atom. The summed E-state index contributed by atoms with van der Waals surface area (Å²) in [6.07, 6.45) is 10.3. The van der Waals surface area contributed by atoms with Crippen molar-refractivity contribution in [2.24, 2.45) is 5.92 Å². The van der Waals surface area contributed by atoms with E-state index in [0.717, 1.165) is 49.1 Å². The Bertz CT molecular complexity index is 2210. The van der Waals surface area contributed by atoms with Gasteiger partial charge in [-0.15, -0.1) is 5.10 Å². The van der Waals surface area contributed by atoms with Gasteiger partial charge in [0.25, 0.3) is 17.7 Å². The first kappa shape index (κ1) is 50.4. The standard InChI is InChI=1S/C48H66N8O12/c57-41-15-14-40(45(59)51-41)55-46(60)38-12-5-13-39(43(38)47(55)61)49-17-21-63-23-25-65-27-29-67-30-28-66-26-24-64-22-18-50-42(58)33-68-37-11-4-10-36(31-37)56-48(62)52-44(53-56)35-9-6-19-54(32-35)20-16-34-7-2-1-3-8-34/h4-5,10-13,31,34-35,40,49H,1-3,6-9,14-30,32-33H2,(H,50,58)(H,51,57,59)(H,52,53,62)/t35-,40?/m0/s1. The normalized spacial score (nSPS) is 19.0. The molecule has 2 saturated heterocycles. The fourth-order valence-electron chi connectivity index (χ4n) is 9.09. The van der Waals surface area contributed by atoms with Crippen molar-refractivity contribution in [3.8, 4) is 11.4 Å². The molecule has 3 aliphatic heterocycles. The zero-order valence-electron chi connectivity index (χ0n) is 38.8. The lowest BCUT2D eigenvalue weighted by Crippen LogP contribution is -2.54. The van der Waals surface area contributed by atoms with E-state index in [1.165, 1.54) is 43.2 Å². The number of carbonyl (C=O) groups excluding carboxylic acids is 5. The maximum atomic E-state index is 13.2. The summed E-state index contributed by atoms with van der Waals surface area (Å²) in [4.78, 5) is 82.0. The minimum atomic E-state index is -1.02. The van der Waals surface area contributed by atoms with Gasteiger partial charge in [0, 0.05) is 43.7 Å². The van der Waals surface area contributed by atoms with Gasteiger partial charge in [0.1, 0.15) is 17.6 Å². The first-order valence-electron chi connectivity index (χ1n) is 24.1. The number of nitrogens with zero attached hydrogens (tertiary/aromatic N) is 4. The summed E-state index contributed by atoms with van der Waals surface area (Å²) in [5, 5.41) is 12.8. The average molecular weight is 947 g/mol. The minimum Gasteiger partial charge on any atom is -0.484 e. The number of fused-ring (bicyclic) bond motifs is 1. The molecule has 20 nitrogen and oxygen atoms in total. The Kier molecular flexibility index (Phi) is 19.5. The molecule has 7 rings (SSSR count). The molecule has 5 amide bonds. The summed E-state index contributed by atoms with van der Waals surface area (Å²) in [5.74, 6) is -0.285. The second-order valence-electron chi connectivity index (χ2n) is 17.5. The quantitative estimate of drug-likeness (QED) is 0.0606. The maximum Gasteiger partial charge on any atom is 0.348 e. The molecule has 1 aliphatic carbocycles. The second kappa shape index (κ2) is 26.3. The first-order chi connectivity index (χ1) is 33.2. The summed E-state index contributed by atoms with van der Waals surface area (Å²) in [7, 11) is 0. The van der Waals surface area contributed by atoms with Gasteiger partial charge in [-0.3, -0.25) is 39.2 Å². The van der Waals surface area contributed by atoms with Crippen LogP contribution in [0.1, 0.15) is 96.7 Å². The van der Waals surface area contributed by atoms with Crippen molar-refractivity contribution in [3.63, 3.8) is 0 Å². The molecule has 1 aromatic heterocycles. The SMILES string of the molecule is O=C(COc1cccc(-n2nc([C@H]3CCCN(CCC4CCCCC4)C3)[nH]c2=O)c1)NCCOCCOCCOCCOCCOCCNc1cccc2c1C(=O)N(C1CCC(=O)NC1=O)C2=O. The van der Waals surface area contributed by atoms with E-state index in [1.54, 1.807) is 42.5 Å². The molecule has 1 unspecified atom stereocenters. The molecule has 0 spiro atoms. The molecule has 0 bridgehead atoms. The Hall–Kier alpha value is -5.51. The van der Waals surface area contributed by atoms with Crippen LogP contribution in [0.15, 0.2) is 47.3 Å². The molecular formula is C48H66N8O12. The number of likely N-dealkylation sites (tertiary alicyclic amines) is 1. The fourth-order valence-corrected chi connectivity index (χ4v) is 9.09. The van der Waals surface area contributed by atoms with E-state index < -0.39 is 29.7 Å². The summed E-state index contributed by atoms with van der Waals surface area (Å²) >= 11 is 0. The Balaban J connectivity index is 0.655. The van der Waals surface area contributed by atoms with Crippen molar-refractivity contribution in [2.75, 3.05) is 111 Å². The van der Waals surface area contributed by atoms with E-state index in [-0.39, 0.29) is 48.1 Å². The summed E-state index contributed by atoms with van der Waals surface area (Å²) < 4.78 is 34.9. The number of anilines is 1. The maximum absolute atomic E-state index is 13.2.